The van der Waals surface area contributed by atoms with Crippen LogP contribution in [0.4, 0.5) is 8.78 Å². The van der Waals surface area contributed by atoms with E-state index in [1.54, 1.807) is 7.05 Å². The zero-order chi connectivity index (χ0) is 15.6. The Labute approximate surface area is 131 Å². The number of benzene rings is 1. The van der Waals surface area contributed by atoms with E-state index in [0.29, 0.717) is 6.54 Å². The van der Waals surface area contributed by atoms with Crippen LogP contribution in [0.3, 0.4) is 0 Å². The third-order valence-electron chi connectivity index (χ3n) is 3.49. The number of rotatable bonds is 5. The molecule has 0 spiro atoms. The van der Waals surface area contributed by atoms with Crippen molar-refractivity contribution in [3.63, 3.8) is 0 Å². The minimum absolute atomic E-state index is 0.0743. The maximum atomic E-state index is 14.1. The van der Waals surface area contributed by atoms with E-state index in [4.69, 9.17) is 0 Å². The molecule has 1 atom stereocenters. The van der Waals surface area contributed by atoms with E-state index in [-0.39, 0.29) is 22.5 Å². The van der Waals surface area contributed by atoms with Crippen LogP contribution in [0, 0.1) is 18.6 Å². The molecule has 1 unspecified atom stereocenters. The highest BCUT2D eigenvalue weighted by molar-refractivity contribution is 9.10. The van der Waals surface area contributed by atoms with E-state index < -0.39 is 11.6 Å². The van der Waals surface area contributed by atoms with Gasteiger partial charge in [0, 0.05) is 12.1 Å². The van der Waals surface area contributed by atoms with Gasteiger partial charge in [0.25, 0.3) is 0 Å². The van der Waals surface area contributed by atoms with Gasteiger partial charge in [-0.05, 0) is 61.4 Å². The summed E-state index contributed by atoms with van der Waals surface area (Å²) in [6.07, 6.45) is 0.221. The number of nitrogens with one attached hydrogen (secondary N) is 1. The molecule has 0 saturated carbocycles. The lowest BCUT2D eigenvalue weighted by Crippen LogP contribution is -2.23. The maximum absolute atomic E-state index is 14.1. The van der Waals surface area contributed by atoms with E-state index in [9.17, 15) is 8.78 Å². The van der Waals surface area contributed by atoms with Gasteiger partial charge in [-0.1, -0.05) is 0 Å². The van der Waals surface area contributed by atoms with Crippen molar-refractivity contribution >= 4 is 15.9 Å². The van der Waals surface area contributed by atoms with Crippen molar-refractivity contribution in [2.75, 3.05) is 7.05 Å². The summed E-state index contributed by atoms with van der Waals surface area (Å²) in [6.45, 7) is 4.61. The Morgan fingerprint density at radius 1 is 1.38 bits per heavy atom. The minimum Gasteiger partial charge on any atom is -0.311 e. The van der Waals surface area contributed by atoms with E-state index in [2.05, 4.69) is 26.3 Å². The predicted octanol–water partition coefficient (Wildman–Crippen LogP) is 3.76. The van der Waals surface area contributed by atoms with Gasteiger partial charge >= 0.3 is 0 Å². The van der Waals surface area contributed by atoms with Crippen LogP contribution in [0.25, 0.3) is 0 Å². The highest BCUT2D eigenvalue weighted by Crippen LogP contribution is 2.26. The average Bonchev–Trinajstić information content (AvgIpc) is 2.84. The Balaban J connectivity index is 2.38. The van der Waals surface area contributed by atoms with Gasteiger partial charge in [0.05, 0.1) is 21.9 Å². The van der Waals surface area contributed by atoms with Gasteiger partial charge in [0.15, 0.2) is 0 Å². The van der Waals surface area contributed by atoms with Crippen molar-refractivity contribution in [3.8, 4) is 0 Å². The van der Waals surface area contributed by atoms with Crippen LogP contribution in [0.15, 0.2) is 22.7 Å². The fourth-order valence-electron chi connectivity index (χ4n) is 2.41. The summed E-state index contributed by atoms with van der Waals surface area (Å²) in [5.41, 5.74) is 1.89. The van der Waals surface area contributed by atoms with Crippen molar-refractivity contribution in [2.45, 2.75) is 32.9 Å². The van der Waals surface area contributed by atoms with E-state index in [1.165, 1.54) is 12.1 Å². The zero-order valence-electron chi connectivity index (χ0n) is 12.3. The summed E-state index contributed by atoms with van der Waals surface area (Å²) in [7, 11) is 1.78. The molecule has 0 aliphatic rings. The van der Waals surface area contributed by atoms with Crippen LogP contribution in [0.5, 0.6) is 0 Å². The molecule has 0 radical (unpaired) electrons. The maximum Gasteiger partial charge on any atom is 0.143 e. The second kappa shape index (κ2) is 6.66. The summed E-state index contributed by atoms with van der Waals surface area (Å²) in [4.78, 5) is 0. The lowest BCUT2D eigenvalue weighted by atomic mass is 10.0. The second-order valence-electron chi connectivity index (χ2n) is 4.89. The van der Waals surface area contributed by atoms with Crippen LogP contribution in [-0.4, -0.2) is 16.8 Å². The Bertz CT molecular complexity index is 640. The standard InChI is InChI=1S/C15H18BrF2N3/c1-4-21-14(7-9(2)20-21)13(19-3)8-10-12(17)6-5-11(16)15(10)18/h5-7,13,19H,4,8H2,1-3H3. The fourth-order valence-corrected chi connectivity index (χ4v) is 2.79. The van der Waals surface area contributed by atoms with Crippen molar-refractivity contribution in [2.24, 2.45) is 0 Å². The zero-order valence-corrected chi connectivity index (χ0v) is 13.8. The molecule has 2 aromatic rings. The van der Waals surface area contributed by atoms with Gasteiger partial charge in [-0.2, -0.15) is 5.10 Å². The lowest BCUT2D eigenvalue weighted by molar-refractivity contribution is 0.481. The Morgan fingerprint density at radius 2 is 2.10 bits per heavy atom. The molecule has 0 aliphatic carbocycles. The first-order chi connectivity index (χ1) is 9.97. The molecular formula is C15H18BrF2N3. The predicted molar refractivity (Wildman–Crippen MR) is 82.2 cm³/mol. The molecule has 0 bridgehead atoms. The highest BCUT2D eigenvalue weighted by atomic mass is 79.9. The number of hydrogen-bond donors (Lipinski definition) is 1. The van der Waals surface area contributed by atoms with Crippen molar-refractivity contribution in [1.29, 1.82) is 0 Å². The topological polar surface area (TPSA) is 29.9 Å². The molecule has 114 valence electrons. The number of hydrogen-bond acceptors (Lipinski definition) is 2. The van der Waals surface area contributed by atoms with Gasteiger partial charge in [0.1, 0.15) is 11.6 Å². The summed E-state index contributed by atoms with van der Waals surface area (Å²) in [5.74, 6) is -1.08. The third kappa shape index (κ3) is 3.32. The number of likely N-dealkylation sites (N-methyl/N-ethyl adjacent to an activating group) is 1. The first kappa shape index (κ1) is 16.1. The third-order valence-corrected chi connectivity index (χ3v) is 4.10. The lowest BCUT2D eigenvalue weighted by Gasteiger charge is -2.18. The van der Waals surface area contributed by atoms with E-state index in [0.717, 1.165) is 11.4 Å². The second-order valence-corrected chi connectivity index (χ2v) is 5.75. The quantitative estimate of drug-likeness (QED) is 0.825. The summed E-state index contributed by atoms with van der Waals surface area (Å²) in [6, 6.07) is 4.39. The number of nitrogens with zero attached hydrogens (tertiary/aromatic N) is 2. The van der Waals surface area contributed by atoms with Gasteiger partial charge in [0.2, 0.25) is 0 Å². The van der Waals surface area contributed by atoms with Crippen molar-refractivity contribution < 1.29 is 8.78 Å². The van der Waals surface area contributed by atoms with Crippen LogP contribution in [-0.2, 0) is 13.0 Å². The normalized spacial score (nSPS) is 12.7. The molecule has 0 fully saturated rings. The highest BCUT2D eigenvalue weighted by Gasteiger charge is 2.21. The van der Waals surface area contributed by atoms with Gasteiger partial charge in [-0.3, -0.25) is 4.68 Å². The molecule has 0 amide bonds. The molecule has 21 heavy (non-hydrogen) atoms. The average molecular weight is 358 g/mol. The Hall–Kier alpha value is -1.27. The Morgan fingerprint density at radius 3 is 2.71 bits per heavy atom. The summed E-state index contributed by atoms with van der Waals surface area (Å²) < 4.78 is 30.2. The molecular weight excluding hydrogens is 340 g/mol. The summed E-state index contributed by atoms with van der Waals surface area (Å²) >= 11 is 3.10. The number of aryl methyl sites for hydroxylation is 2. The first-order valence-corrected chi connectivity index (χ1v) is 7.61. The fraction of sp³-hybridized carbons (Fsp3) is 0.400. The van der Waals surface area contributed by atoms with Gasteiger partial charge < -0.3 is 5.32 Å². The Kier molecular flexibility index (Phi) is 5.11. The van der Waals surface area contributed by atoms with Crippen LogP contribution in [0.1, 0.15) is 29.9 Å². The van der Waals surface area contributed by atoms with Crippen LogP contribution >= 0.6 is 15.9 Å². The molecule has 1 heterocycles. The van der Waals surface area contributed by atoms with Gasteiger partial charge in [-0.15, -0.1) is 0 Å². The minimum atomic E-state index is -0.547. The molecule has 1 N–H and O–H groups in total. The smallest absolute Gasteiger partial charge is 0.143 e. The first-order valence-electron chi connectivity index (χ1n) is 6.81. The number of aromatic nitrogens is 2. The molecule has 0 saturated heterocycles. The largest absolute Gasteiger partial charge is 0.311 e. The van der Waals surface area contributed by atoms with Gasteiger partial charge in [-0.25, -0.2) is 8.78 Å². The summed E-state index contributed by atoms with van der Waals surface area (Å²) in [5, 5.41) is 7.50. The molecule has 1 aromatic carbocycles. The van der Waals surface area contributed by atoms with Crippen molar-refractivity contribution in [1.82, 2.24) is 15.1 Å². The SMILES string of the molecule is CCn1nc(C)cc1C(Cc1c(F)ccc(Br)c1F)NC. The molecule has 0 aliphatic heterocycles. The van der Waals surface area contributed by atoms with Crippen LogP contribution in [0.2, 0.25) is 0 Å². The number of halogens is 3. The molecule has 2 rings (SSSR count). The molecule has 6 heteroatoms. The monoisotopic (exact) mass is 357 g/mol. The molecule has 1 aromatic heterocycles. The van der Waals surface area contributed by atoms with Crippen molar-refractivity contribution in [3.05, 3.63) is 51.3 Å². The van der Waals surface area contributed by atoms with Crippen LogP contribution < -0.4 is 5.32 Å². The molecule has 3 nitrogen and oxygen atoms in total. The van der Waals surface area contributed by atoms with E-state index >= 15 is 0 Å². The van der Waals surface area contributed by atoms with E-state index in [1.807, 2.05) is 24.6 Å².